The van der Waals surface area contributed by atoms with Gasteiger partial charge in [0, 0.05) is 0 Å². The SMILES string of the molecule is Clc1nc(Cl)c2[nH]c(I)nc2n1. The fourth-order valence-corrected chi connectivity index (χ4v) is 1.73. The van der Waals surface area contributed by atoms with Crippen LogP contribution in [-0.4, -0.2) is 19.9 Å². The molecule has 0 aromatic carbocycles. The zero-order valence-electron chi connectivity index (χ0n) is 5.48. The van der Waals surface area contributed by atoms with Gasteiger partial charge in [0.15, 0.2) is 14.6 Å². The zero-order valence-corrected chi connectivity index (χ0v) is 9.14. The van der Waals surface area contributed by atoms with Gasteiger partial charge in [-0.2, -0.15) is 4.98 Å². The molecule has 0 unspecified atom stereocenters. The Bertz CT molecular complexity index is 440. The van der Waals surface area contributed by atoms with Gasteiger partial charge in [-0.3, -0.25) is 0 Å². The number of rotatable bonds is 0. The van der Waals surface area contributed by atoms with E-state index in [2.05, 4.69) is 19.9 Å². The second-order valence-electron chi connectivity index (χ2n) is 2.01. The molecule has 7 heteroatoms. The van der Waals surface area contributed by atoms with Crippen molar-refractivity contribution >= 4 is 57.0 Å². The summed E-state index contributed by atoms with van der Waals surface area (Å²) in [5.74, 6) is 0. The van der Waals surface area contributed by atoms with Crippen molar-refractivity contribution in [2.24, 2.45) is 0 Å². The van der Waals surface area contributed by atoms with Crippen molar-refractivity contribution in [3.8, 4) is 0 Å². The van der Waals surface area contributed by atoms with Gasteiger partial charge in [-0.05, 0) is 34.2 Å². The molecule has 62 valence electrons. The second-order valence-corrected chi connectivity index (χ2v) is 3.73. The maximum absolute atomic E-state index is 5.77. The molecule has 2 heterocycles. The predicted octanol–water partition coefficient (Wildman–Crippen LogP) is 2.26. The Labute approximate surface area is 90.8 Å². The minimum Gasteiger partial charge on any atom is -0.329 e. The molecule has 0 aliphatic carbocycles. The normalized spacial score (nSPS) is 10.9. The number of nitrogens with one attached hydrogen (secondary N) is 1. The highest BCUT2D eigenvalue weighted by molar-refractivity contribution is 14.1. The van der Waals surface area contributed by atoms with Gasteiger partial charge in [0.1, 0.15) is 5.52 Å². The van der Waals surface area contributed by atoms with Crippen molar-refractivity contribution in [3.05, 3.63) is 14.3 Å². The van der Waals surface area contributed by atoms with Crippen LogP contribution in [0.5, 0.6) is 0 Å². The van der Waals surface area contributed by atoms with Crippen molar-refractivity contribution in [2.75, 3.05) is 0 Å². The van der Waals surface area contributed by atoms with Crippen molar-refractivity contribution in [1.29, 1.82) is 0 Å². The summed E-state index contributed by atoms with van der Waals surface area (Å²) in [7, 11) is 0. The number of hydrogen-bond acceptors (Lipinski definition) is 3. The van der Waals surface area contributed by atoms with Crippen molar-refractivity contribution in [1.82, 2.24) is 19.9 Å². The molecule has 2 aromatic heterocycles. The van der Waals surface area contributed by atoms with Crippen LogP contribution < -0.4 is 0 Å². The first-order valence-corrected chi connectivity index (χ1v) is 4.74. The lowest BCUT2D eigenvalue weighted by Gasteiger charge is -1.90. The fourth-order valence-electron chi connectivity index (χ4n) is 0.810. The highest BCUT2D eigenvalue weighted by atomic mass is 127. The Hall–Kier alpha value is -0.140. The van der Waals surface area contributed by atoms with Crippen molar-refractivity contribution in [2.45, 2.75) is 0 Å². The molecule has 0 bridgehead atoms. The molecule has 2 rings (SSSR count). The smallest absolute Gasteiger partial charge is 0.225 e. The molecular weight excluding hydrogens is 314 g/mol. The van der Waals surface area contributed by atoms with Crippen LogP contribution in [0.15, 0.2) is 0 Å². The quantitative estimate of drug-likeness (QED) is 0.351. The minimum atomic E-state index is 0.107. The summed E-state index contributed by atoms with van der Waals surface area (Å²) < 4.78 is 0.709. The largest absolute Gasteiger partial charge is 0.329 e. The van der Waals surface area contributed by atoms with Gasteiger partial charge in [0.2, 0.25) is 5.28 Å². The average Bonchev–Trinajstić information content (AvgIpc) is 2.29. The molecule has 2 aromatic rings. The summed E-state index contributed by atoms with van der Waals surface area (Å²) in [6.07, 6.45) is 0. The van der Waals surface area contributed by atoms with E-state index in [-0.39, 0.29) is 5.28 Å². The molecule has 0 spiro atoms. The van der Waals surface area contributed by atoms with Gasteiger partial charge in [-0.25, -0.2) is 9.97 Å². The van der Waals surface area contributed by atoms with Gasteiger partial charge >= 0.3 is 0 Å². The van der Waals surface area contributed by atoms with Crippen LogP contribution in [0.3, 0.4) is 0 Å². The van der Waals surface area contributed by atoms with Crippen LogP contribution in [0, 0.1) is 3.83 Å². The van der Waals surface area contributed by atoms with E-state index in [9.17, 15) is 0 Å². The summed E-state index contributed by atoms with van der Waals surface area (Å²) >= 11 is 13.4. The topological polar surface area (TPSA) is 54.5 Å². The molecular formula is C5HCl2IN4. The first kappa shape index (κ1) is 8.46. The summed E-state index contributed by atoms with van der Waals surface area (Å²) in [4.78, 5) is 14.6. The van der Waals surface area contributed by atoms with Gasteiger partial charge in [-0.1, -0.05) is 11.6 Å². The number of halogens is 3. The number of hydrogen-bond donors (Lipinski definition) is 1. The van der Waals surface area contributed by atoms with Crippen LogP contribution in [-0.2, 0) is 0 Å². The lowest BCUT2D eigenvalue weighted by molar-refractivity contribution is 1.19. The van der Waals surface area contributed by atoms with E-state index in [4.69, 9.17) is 23.2 Å². The van der Waals surface area contributed by atoms with Crippen LogP contribution >= 0.6 is 45.8 Å². The van der Waals surface area contributed by atoms with Gasteiger partial charge in [-0.15, -0.1) is 0 Å². The fraction of sp³-hybridized carbons (Fsp3) is 0. The molecule has 12 heavy (non-hydrogen) atoms. The lowest BCUT2D eigenvalue weighted by atomic mass is 10.6. The maximum Gasteiger partial charge on any atom is 0.225 e. The molecule has 0 amide bonds. The van der Waals surface area contributed by atoms with Crippen LogP contribution in [0.2, 0.25) is 10.4 Å². The third-order valence-electron chi connectivity index (χ3n) is 1.25. The second kappa shape index (κ2) is 2.97. The highest BCUT2D eigenvalue weighted by Gasteiger charge is 2.08. The third-order valence-corrected chi connectivity index (χ3v) is 2.20. The van der Waals surface area contributed by atoms with Crippen LogP contribution in [0.4, 0.5) is 0 Å². The van der Waals surface area contributed by atoms with E-state index in [1.807, 2.05) is 22.6 Å². The molecule has 0 radical (unpaired) electrons. The number of fused-ring (bicyclic) bond motifs is 1. The van der Waals surface area contributed by atoms with E-state index < -0.39 is 0 Å². The zero-order chi connectivity index (χ0) is 8.72. The molecule has 0 saturated heterocycles. The Kier molecular flexibility index (Phi) is 2.09. The molecule has 0 aliphatic rings. The molecule has 1 N–H and O–H groups in total. The minimum absolute atomic E-state index is 0.107. The Morgan fingerprint density at radius 2 is 1.92 bits per heavy atom. The van der Waals surface area contributed by atoms with Crippen molar-refractivity contribution < 1.29 is 0 Å². The first-order chi connectivity index (χ1) is 5.66. The number of nitrogens with zero attached hydrogens (tertiary/aromatic N) is 3. The van der Waals surface area contributed by atoms with Crippen LogP contribution in [0.1, 0.15) is 0 Å². The Morgan fingerprint density at radius 1 is 1.17 bits per heavy atom. The monoisotopic (exact) mass is 314 g/mol. The third kappa shape index (κ3) is 1.36. The molecule has 0 aliphatic heterocycles. The lowest BCUT2D eigenvalue weighted by Crippen LogP contribution is -1.84. The summed E-state index contributed by atoms with van der Waals surface area (Å²) in [5, 5.41) is 0.399. The average molecular weight is 315 g/mol. The van der Waals surface area contributed by atoms with E-state index in [0.29, 0.717) is 20.1 Å². The summed E-state index contributed by atoms with van der Waals surface area (Å²) in [6.45, 7) is 0. The number of aromatic amines is 1. The van der Waals surface area contributed by atoms with Gasteiger partial charge in [0.05, 0.1) is 0 Å². The summed E-state index contributed by atoms with van der Waals surface area (Å²) in [5.41, 5.74) is 1.11. The van der Waals surface area contributed by atoms with Crippen molar-refractivity contribution in [3.63, 3.8) is 0 Å². The van der Waals surface area contributed by atoms with Gasteiger partial charge < -0.3 is 4.98 Å². The predicted molar refractivity (Wildman–Crippen MR) is 54.4 cm³/mol. The van der Waals surface area contributed by atoms with Crippen LogP contribution in [0.25, 0.3) is 11.2 Å². The highest BCUT2D eigenvalue weighted by Crippen LogP contribution is 2.19. The van der Waals surface area contributed by atoms with E-state index in [0.717, 1.165) is 0 Å². The Balaban J connectivity index is 2.88. The first-order valence-electron chi connectivity index (χ1n) is 2.91. The molecule has 0 atom stereocenters. The molecule has 0 fully saturated rings. The Morgan fingerprint density at radius 3 is 2.67 bits per heavy atom. The summed E-state index contributed by atoms with van der Waals surface area (Å²) in [6, 6.07) is 0. The van der Waals surface area contributed by atoms with E-state index in [1.54, 1.807) is 0 Å². The molecule has 4 nitrogen and oxygen atoms in total. The standard InChI is InChI=1S/C5HCl2IN4/c6-2-1-3(11-4(7)10-2)12-5(8)9-1/h(H,9,10,11,12). The molecule has 0 saturated carbocycles. The number of imidazole rings is 1. The van der Waals surface area contributed by atoms with Gasteiger partial charge in [0.25, 0.3) is 0 Å². The maximum atomic E-state index is 5.77. The van der Waals surface area contributed by atoms with E-state index >= 15 is 0 Å². The van der Waals surface area contributed by atoms with E-state index in [1.165, 1.54) is 0 Å². The number of H-pyrrole nitrogens is 1. The number of aromatic nitrogens is 4.